The standard InChI is InChI=1S/C19H29N5O2/c1-19(25,15-12-22-24(2)13-15)14-21-18(23-16-6-3-4-7-16)20-10-9-17-8-5-11-26-17/h5,8,11-13,16,25H,3-4,6-7,9-10,14H2,1-2H3,(H2,20,21,23). The van der Waals surface area contributed by atoms with Gasteiger partial charge in [0.1, 0.15) is 11.4 Å². The Morgan fingerprint density at radius 1 is 1.46 bits per heavy atom. The lowest BCUT2D eigenvalue weighted by Gasteiger charge is -2.22. The van der Waals surface area contributed by atoms with Crippen molar-refractivity contribution in [3.05, 3.63) is 42.1 Å². The van der Waals surface area contributed by atoms with Gasteiger partial charge in [-0.15, -0.1) is 0 Å². The van der Waals surface area contributed by atoms with Crippen LogP contribution in [0.4, 0.5) is 0 Å². The van der Waals surface area contributed by atoms with Crippen molar-refractivity contribution in [2.75, 3.05) is 13.1 Å². The van der Waals surface area contributed by atoms with Crippen molar-refractivity contribution in [1.82, 2.24) is 20.4 Å². The van der Waals surface area contributed by atoms with Crippen LogP contribution >= 0.6 is 0 Å². The van der Waals surface area contributed by atoms with Crippen molar-refractivity contribution in [2.24, 2.45) is 12.0 Å². The first-order chi connectivity index (χ1) is 12.5. The summed E-state index contributed by atoms with van der Waals surface area (Å²) in [4.78, 5) is 4.64. The number of hydrogen-bond acceptors (Lipinski definition) is 4. The Kier molecular flexibility index (Phi) is 5.98. The fourth-order valence-corrected chi connectivity index (χ4v) is 3.20. The van der Waals surface area contributed by atoms with E-state index < -0.39 is 5.60 Å². The Morgan fingerprint density at radius 2 is 2.27 bits per heavy atom. The maximum absolute atomic E-state index is 10.8. The maximum Gasteiger partial charge on any atom is 0.191 e. The van der Waals surface area contributed by atoms with Crippen LogP contribution < -0.4 is 10.6 Å². The van der Waals surface area contributed by atoms with E-state index in [-0.39, 0.29) is 6.54 Å². The molecule has 2 heterocycles. The van der Waals surface area contributed by atoms with Gasteiger partial charge in [-0.25, -0.2) is 4.99 Å². The predicted molar refractivity (Wildman–Crippen MR) is 101 cm³/mol. The van der Waals surface area contributed by atoms with Crippen molar-refractivity contribution in [3.8, 4) is 0 Å². The molecular formula is C19H29N5O2. The van der Waals surface area contributed by atoms with Gasteiger partial charge < -0.3 is 20.2 Å². The van der Waals surface area contributed by atoms with Gasteiger partial charge in [-0.05, 0) is 31.9 Å². The second-order valence-electron chi connectivity index (χ2n) is 7.22. The summed E-state index contributed by atoms with van der Waals surface area (Å²) >= 11 is 0. The third kappa shape index (κ3) is 5.11. The van der Waals surface area contributed by atoms with Crippen LogP contribution in [-0.2, 0) is 19.1 Å². The fraction of sp³-hybridized carbons (Fsp3) is 0.579. The molecular weight excluding hydrogens is 330 g/mol. The smallest absolute Gasteiger partial charge is 0.191 e. The number of aliphatic hydroxyl groups is 1. The number of nitrogens with one attached hydrogen (secondary N) is 2. The lowest BCUT2D eigenvalue weighted by Crippen LogP contribution is -2.44. The average molecular weight is 359 g/mol. The van der Waals surface area contributed by atoms with E-state index in [2.05, 4.69) is 20.7 Å². The van der Waals surface area contributed by atoms with E-state index in [0.29, 0.717) is 6.04 Å². The minimum absolute atomic E-state index is 0.265. The minimum atomic E-state index is -1.06. The van der Waals surface area contributed by atoms with Gasteiger partial charge in [0.15, 0.2) is 5.96 Å². The highest BCUT2D eigenvalue weighted by molar-refractivity contribution is 5.80. The SMILES string of the molecule is Cn1cc(C(C)(O)CN=C(NCCc2ccco2)NC2CCCC2)cn1. The molecule has 3 rings (SSSR count). The van der Waals surface area contributed by atoms with Crippen LogP contribution in [0.3, 0.4) is 0 Å². The van der Waals surface area contributed by atoms with Crippen molar-refractivity contribution in [2.45, 2.75) is 50.7 Å². The number of furan rings is 1. The normalized spacial score (nSPS) is 18.0. The van der Waals surface area contributed by atoms with Gasteiger partial charge in [0, 0.05) is 37.8 Å². The number of guanidine groups is 1. The van der Waals surface area contributed by atoms with E-state index in [4.69, 9.17) is 4.42 Å². The molecule has 1 fully saturated rings. The van der Waals surface area contributed by atoms with Gasteiger partial charge in [-0.3, -0.25) is 4.68 Å². The second kappa shape index (κ2) is 8.40. The molecule has 0 saturated heterocycles. The summed E-state index contributed by atoms with van der Waals surface area (Å²) in [6, 6.07) is 4.32. The summed E-state index contributed by atoms with van der Waals surface area (Å²) in [7, 11) is 1.84. The van der Waals surface area contributed by atoms with E-state index in [0.717, 1.165) is 43.1 Å². The number of aryl methyl sites for hydroxylation is 1. The van der Waals surface area contributed by atoms with Gasteiger partial charge in [0.2, 0.25) is 0 Å². The molecule has 0 amide bonds. The van der Waals surface area contributed by atoms with Crippen molar-refractivity contribution in [1.29, 1.82) is 0 Å². The Labute approximate surface area is 154 Å². The van der Waals surface area contributed by atoms with E-state index >= 15 is 0 Å². The average Bonchev–Trinajstić information content (AvgIpc) is 3.35. The van der Waals surface area contributed by atoms with Crippen LogP contribution in [0.1, 0.15) is 43.9 Å². The molecule has 7 nitrogen and oxygen atoms in total. The number of hydrogen-bond donors (Lipinski definition) is 3. The van der Waals surface area contributed by atoms with Gasteiger partial charge in [0.05, 0.1) is 19.0 Å². The van der Waals surface area contributed by atoms with Gasteiger partial charge in [0.25, 0.3) is 0 Å². The van der Waals surface area contributed by atoms with E-state index in [1.165, 1.54) is 12.8 Å². The van der Waals surface area contributed by atoms with Crippen LogP contribution in [-0.4, -0.2) is 40.0 Å². The lowest BCUT2D eigenvalue weighted by molar-refractivity contribution is 0.0671. The molecule has 142 valence electrons. The first-order valence-electron chi connectivity index (χ1n) is 9.32. The van der Waals surface area contributed by atoms with Crippen LogP contribution in [0, 0.1) is 0 Å². The highest BCUT2D eigenvalue weighted by Gasteiger charge is 2.25. The Balaban J connectivity index is 1.61. The molecule has 0 spiro atoms. The van der Waals surface area contributed by atoms with Crippen molar-refractivity contribution >= 4 is 5.96 Å². The Hall–Kier alpha value is -2.28. The topological polar surface area (TPSA) is 87.6 Å². The molecule has 0 radical (unpaired) electrons. The molecule has 1 unspecified atom stereocenters. The highest BCUT2D eigenvalue weighted by atomic mass is 16.3. The molecule has 1 atom stereocenters. The summed E-state index contributed by atoms with van der Waals surface area (Å²) in [5, 5.41) is 21.8. The quantitative estimate of drug-likeness (QED) is 0.519. The van der Waals surface area contributed by atoms with E-state index in [1.54, 1.807) is 24.1 Å². The van der Waals surface area contributed by atoms with Crippen molar-refractivity contribution < 1.29 is 9.52 Å². The largest absolute Gasteiger partial charge is 0.469 e. The molecule has 2 aromatic rings. The molecule has 1 aliphatic carbocycles. The second-order valence-corrected chi connectivity index (χ2v) is 7.22. The Morgan fingerprint density at radius 3 is 2.92 bits per heavy atom. The number of aromatic nitrogens is 2. The molecule has 2 aromatic heterocycles. The first-order valence-corrected chi connectivity index (χ1v) is 9.32. The van der Waals surface area contributed by atoms with Gasteiger partial charge in [-0.2, -0.15) is 5.10 Å². The summed E-state index contributed by atoms with van der Waals surface area (Å²) in [5.41, 5.74) is -0.293. The summed E-state index contributed by atoms with van der Waals surface area (Å²) < 4.78 is 7.06. The van der Waals surface area contributed by atoms with Crippen molar-refractivity contribution in [3.63, 3.8) is 0 Å². The van der Waals surface area contributed by atoms with E-state index in [9.17, 15) is 5.11 Å². The molecule has 1 aliphatic rings. The molecule has 0 bridgehead atoms. The minimum Gasteiger partial charge on any atom is -0.469 e. The molecule has 26 heavy (non-hydrogen) atoms. The van der Waals surface area contributed by atoms with Gasteiger partial charge >= 0.3 is 0 Å². The highest BCUT2D eigenvalue weighted by Crippen LogP contribution is 2.20. The zero-order valence-corrected chi connectivity index (χ0v) is 15.6. The predicted octanol–water partition coefficient (Wildman–Crippen LogP) is 1.94. The van der Waals surface area contributed by atoms with Crippen LogP contribution in [0.15, 0.2) is 40.2 Å². The zero-order chi connectivity index (χ0) is 18.4. The molecule has 7 heteroatoms. The van der Waals surface area contributed by atoms with Gasteiger partial charge in [-0.1, -0.05) is 12.8 Å². The maximum atomic E-state index is 10.8. The third-order valence-electron chi connectivity index (χ3n) is 4.81. The summed E-state index contributed by atoms with van der Waals surface area (Å²) in [5.74, 6) is 1.69. The monoisotopic (exact) mass is 359 g/mol. The first kappa shape index (κ1) is 18.5. The molecule has 0 aromatic carbocycles. The molecule has 1 saturated carbocycles. The van der Waals surface area contributed by atoms with E-state index in [1.807, 2.05) is 25.4 Å². The third-order valence-corrected chi connectivity index (χ3v) is 4.81. The number of rotatable bonds is 7. The summed E-state index contributed by atoms with van der Waals surface area (Å²) in [6.07, 6.45) is 10.8. The molecule has 3 N–H and O–H groups in total. The molecule has 0 aliphatic heterocycles. The zero-order valence-electron chi connectivity index (χ0n) is 15.6. The Bertz CT molecular complexity index is 699. The lowest BCUT2D eigenvalue weighted by atomic mass is 10.0. The van der Waals surface area contributed by atoms with Crippen LogP contribution in [0.2, 0.25) is 0 Å². The number of nitrogens with zero attached hydrogens (tertiary/aromatic N) is 3. The number of aliphatic imine (C=N–C) groups is 1. The fourth-order valence-electron chi connectivity index (χ4n) is 3.20. The van der Waals surface area contributed by atoms with Crippen LogP contribution in [0.25, 0.3) is 0 Å². The summed E-state index contributed by atoms with van der Waals surface area (Å²) in [6.45, 7) is 2.76. The van der Waals surface area contributed by atoms with Crippen LogP contribution in [0.5, 0.6) is 0 Å².